The molecular formula is C21H23N5O3S3. The summed E-state index contributed by atoms with van der Waals surface area (Å²) in [6.07, 6.45) is 0. The van der Waals surface area contributed by atoms with E-state index >= 15 is 0 Å². The van der Waals surface area contributed by atoms with Gasteiger partial charge < -0.3 is 10.2 Å². The molecule has 8 nitrogen and oxygen atoms in total. The van der Waals surface area contributed by atoms with E-state index in [0.29, 0.717) is 22.6 Å². The summed E-state index contributed by atoms with van der Waals surface area (Å²) in [5.74, 6) is 0.208. The molecule has 1 aromatic heterocycles. The molecular weight excluding hydrogens is 466 g/mol. The zero-order valence-corrected chi connectivity index (χ0v) is 19.9. The Morgan fingerprint density at radius 1 is 1.03 bits per heavy atom. The summed E-state index contributed by atoms with van der Waals surface area (Å²) in [4.78, 5) is 14.6. The van der Waals surface area contributed by atoms with Crippen LogP contribution in [0.25, 0.3) is 0 Å². The fourth-order valence-corrected chi connectivity index (χ4v) is 6.39. The van der Waals surface area contributed by atoms with Crippen LogP contribution < -0.4 is 5.32 Å². The number of hydrogen-bond acceptors (Lipinski definition) is 8. The van der Waals surface area contributed by atoms with Gasteiger partial charge in [0, 0.05) is 31.9 Å². The Labute approximate surface area is 195 Å². The lowest BCUT2D eigenvalue weighted by molar-refractivity contribution is -0.129. The van der Waals surface area contributed by atoms with E-state index in [9.17, 15) is 13.2 Å². The lowest BCUT2D eigenvalue weighted by Crippen LogP contribution is -2.50. The van der Waals surface area contributed by atoms with E-state index < -0.39 is 10.0 Å². The van der Waals surface area contributed by atoms with Crippen molar-refractivity contribution < 1.29 is 13.2 Å². The summed E-state index contributed by atoms with van der Waals surface area (Å²) in [5.41, 5.74) is 2.08. The summed E-state index contributed by atoms with van der Waals surface area (Å²) in [6.45, 7) is 3.35. The number of hydrogen-bond donors (Lipinski definition) is 1. The molecule has 0 radical (unpaired) electrons. The monoisotopic (exact) mass is 489 g/mol. The second-order valence-corrected chi connectivity index (χ2v) is 11.3. The van der Waals surface area contributed by atoms with Crippen molar-refractivity contribution in [3.05, 3.63) is 60.2 Å². The van der Waals surface area contributed by atoms with Crippen LogP contribution in [0.2, 0.25) is 0 Å². The molecule has 3 aromatic rings. The Morgan fingerprint density at radius 2 is 1.72 bits per heavy atom. The fourth-order valence-electron chi connectivity index (χ4n) is 3.28. The van der Waals surface area contributed by atoms with Crippen LogP contribution in [0.4, 0.5) is 10.8 Å². The summed E-state index contributed by atoms with van der Waals surface area (Å²) in [5, 5.41) is 12.2. The third-order valence-electron chi connectivity index (χ3n) is 5.08. The van der Waals surface area contributed by atoms with Gasteiger partial charge in [-0.25, -0.2) is 8.42 Å². The van der Waals surface area contributed by atoms with Crippen molar-refractivity contribution in [1.29, 1.82) is 0 Å². The van der Waals surface area contributed by atoms with Crippen LogP contribution in [0.3, 0.4) is 0 Å². The number of anilines is 2. The third-order valence-corrected chi connectivity index (χ3v) is 8.95. The minimum absolute atomic E-state index is 0.0321. The number of benzene rings is 2. The van der Waals surface area contributed by atoms with Gasteiger partial charge in [-0.15, -0.1) is 10.2 Å². The first-order valence-electron chi connectivity index (χ1n) is 10.1. The number of carbonyl (C=O) groups is 1. The Hall–Kier alpha value is -2.47. The number of piperazine rings is 1. The molecule has 4 rings (SSSR count). The fraction of sp³-hybridized carbons (Fsp3) is 0.286. The molecule has 1 aliphatic heterocycles. The number of amides is 1. The lowest BCUT2D eigenvalue weighted by atomic mass is 10.2. The SMILES string of the molecule is Cc1ccccc1Nc1nnc(SCC(=O)N2CCN(S(=O)(=O)c3ccccc3)CC2)s1. The summed E-state index contributed by atoms with van der Waals surface area (Å²) in [7, 11) is -3.53. The van der Waals surface area contributed by atoms with Gasteiger partial charge in [0.1, 0.15) is 0 Å². The van der Waals surface area contributed by atoms with Gasteiger partial charge in [-0.1, -0.05) is 59.5 Å². The third kappa shape index (κ3) is 5.29. The van der Waals surface area contributed by atoms with Crippen molar-refractivity contribution in [2.75, 3.05) is 37.2 Å². The number of rotatable bonds is 7. The molecule has 1 fully saturated rings. The molecule has 1 amide bonds. The van der Waals surface area contributed by atoms with E-state index in [1.54, 1.807) is 35.2 Å². The van der Waals surface area contributed by atoms with Crippen molar-refractivity contribution in [1.82, 2.24) is 19.4 Å². The summed E-state index contributed by atoms with van der Waals surface area (Å²) in [6, 6.07) is 16.3. The molecule has 2 aromatic carbocycles. The second-order valence-electron chi connectivity index (χ2n) is 7.20. The minimum Gasteiger partial charge on any atom is -0.339 e. The normalized spacial score (nSPS) is 15.0. The van der Waals surface area contributed by atoms with Crippen molar-refractivity contribution in [2.24, 2.45) is 0 Å². The molecule has 32 heavy (non-hydrogen) atoms. The molecule has 0 saturated carbocycles. The first kappa shape index (κ1) is 22.7. The smallest absolute Gasteiger partial charge is 0.243 e. The molecule has 0 atom stereocenters. The van der Waals surface area contributed by atoms with Crippen LogP contribution in [-0.4, -0.2) is 65.7 Å². The van der Waals surface area contributed by atoms with Gasteiger partial charge >= 0.3 is 0 Å². The Balaban J connectivity index is 1.27. The molecule has 0 bridgehead atoms. The summed E-state index contributed by atoms with van der Waals surface area (Å²) >= 11 is 2.74. The molecule has 11 heteroatoms. The van der Waals surface area contributed by atoms with E-state index in [1.165, 1.54) is 27.4 Å². The Bertz CT molecular complexity index is 1180. The number of para-hydroxylation sites is 1. The predicted octanol–water partition coefficient (Wildman–Crippen LogP) is 3.22. The van der Waals surface area contributed by atoms with E-state index in [2.05, 4.69) is 15.5 Å². The molecule has 1 N–H and O–H groups in total. The van der Waals surface area contributed by atoms with Crippen LogP contribution in [-0.2, 0) is 14.8 Å². The lowest BCUT2D eigenvalue weighted by Gasteiger charge is -2.34. The maximum Gasteiger partial charge on any atom is 0.243 e. The molecule has 1 aliphatic rings. The number of sulfonamides is 1. The zero-order chi connectivity index (χ0) is 22.6. The number of aryl methyl sites for hydroxylation is 1. The molecule has 0 spiro atoms. The van der Waals surface area contributed by atoms with Gasteiger partial charge in [0.2, 0.25) is 21.1 Å². The van der Waals surface area contributed by atoms with E-state index in [4.69, 9.17) is 0 Å². The predicted molar refractivity (Wildman–Crippen MR) is 127 cm³/mol. The molecule has 168 valence electrons. The molecule has 1 saturated heterocycles. The van der Waals surface area contributed by atoms with Crippen molar-refractivity contribution in [2.45, 2.75) is 16.2 Å². The van der Waals surface area contributed by atoms with Crippen molar-refractivity contribution >= 4 is 49.8 Å². The minimum atomic E-state index is -3.53. The zero-order valence-electron chi connectivity index (χ0n) is 17.5. The summed E-state index contributed by atoms with van der Waals surface area (Å²) < 4.78 is 27.6. The molecule has 2 heterocycles. The van der Waals surface area contributed by atoms with Crippen LogP contribution in [0.15, 0.2) is 63.8 Å². The van der Waals surface area contributed by atoms with Gasteiger partial charge in [0.25, 0.3) is 0 Å². The highest BCUT2D eigenvalue weighted by Crippen LogP contribution is 2.29. The topological polar surface area (TPSA) is 95.5 Å². The van der Waals surface area contributed by atoms with Crippen LogP contribution in [0.1, 0.15) is 5.56 Å². The average molecular weight is 490 g/mol. The number of aromatic nitrogens is 2. The standard InChI is InChI=1S/C21H23N5O3S3/c1-16-7-5-6-10-18(16)22-20-23-24-21(31-20)30-15-19(27)25-11-13-26(14-12-25)32(28,29)17-8-3-2-4-9-17/h2-10H,11-15H2,1H3,(H,22,23). The van der Waals surface area contributed by atoms with Gasteiger partial charge in [0.15, 0.2) is 4.34 Å². The quantitative estimate of drug-likeness (QED) is 0.509. The van der Waals surface area contributed by atoms with Crippen molar-refractivity contribution in [3.63, 3.8) is 0 Å². The first-order chi connectivity index (χ1) is 15.4. The highest BCUT2D eigenvalue weighted by atomic mass is 32.2. The van der Waals surface area contributed by atoms with Gasteiger partial charge in [-0.2, -0.15) is 4.31 Å². The maximum atomic E-state index is 12.7. The largest absolute Gasteiger partial charge is 0.339 e. The Morgan fingerprint density at radius 3 is 2.44 bits per heavy atom. The van der Waals surface area contributed by atoms with E-state index in [1.807, 2.05) is 31.2 Å². The van der Waals surface area contributed by atoms with Crippen LogP contribution in [0.5, 0.6) is 0 Å². The average Bonchev–Trinajstić information content (AvgIpc) is 3.27. The Kier molecular flexibility index (Phi) is 7.09. The van der Waals surface area contributed by atoms with Crippen molar-refractivity contribution in [3.8, 4) is 0 Å². The highest BCUT2D eigenvalue weighted by Gasteiger charge is 2.30. The van der Waals surface area contributed by atoms with Gasteiger partial charge in [-0.3, -0.25) is 4.79 Å². The van der Waals surface area contributed by atoms with E-state index in [0.717, 1.165) is 11.3 Å². The number of thioether (sulfide) groups is 1. The highest BCUT2D eigenvalue weighted by molar-refractivity contribution is 8.01. The molecule has 0 aliphatic carbocycles. The molecule has 0 unspecified atom stereocenters. The number of nitrogens with zero attached hydrogens (tertiary/aromatic N) is 4. The van der Waals surface area contributed by atoms with Crippen LogP contribution in [0, 0.1) is 6.92 Å². The number of nitrogens with one attached hydrogen (secondary N) is 1. The number of carbonyl (C=O) groups excluding carboxylic acids is 1. The van der Waals surface area contributed by atoms with Gasteiger partial charge in [-0.05, 0) is 30.7 Å². The van der Waals surface area contributed by atoms with E-state index in [-0.39, 0.29) is 29.6 Å². The first-order valence-corrected chi connectivity index (χ1v) is 13.3. The van der Waals surface area contributed by atoms with Gasteiger partial charge in [0.05, 0.1) is 10.6 Å². The van der Waals surface area contributed by atoms with Crippen LogP contribution >= 0.6 is 23.1 Å². The second kappa shape index (κ2) is 9.99. The maximum absolute atomic E-state index is 12.7.